The number of methoxy groups -OCH3 is 1. The van der Waals surface area contributed by atoms with E-state index in [0.29, 0.717) is 31.4 Å². The molecule has 1 aromatic heterocycles. The van der Waals surface area contributed by atoms with Gasteiger partial charge in [0.15, 0.2) is 0 Å². The highest BCUT2D eigenvalue weighted by atomic mass is 16.5. The Morgan fingerprint density at radius 1 is 1.56 bits per heavy atom. The van der Waals surface area contributed by atoms with Crippen molar-refractivity contribution in [1.29, 1.82) is 0 Å². The summed E-state index contributed by atoms with van der Waals surface area (Å²) in [6.07, 6.45) is 4.47. The molecule has 1 heterocycles. The van der Waals surface area contributed by atoms with Gasteiger partial charge in [0, 0.05) is 37.3 Å². The Bertz CT molecular complexity index is 405. The molecule has 0 aromatic carbocycles. The Hall–Kier alpha value is -1.62. The number of ether oxygens (including phenoxy) is 1. The van der Waals surface area contributed by atoms with Gasteiger partial charge in [0.2, 0.25) is 11.8 Å². The third-order valence-electron chi connectivity index (χ3n) is 2.83. The van der Waals surface area contributed by atoms with E-state index in [0.717, 1.165) is 18.4 Å². The summed E-state index contributed by atoms with van der Waals surface area (Å²) in [5.41, 5.74) is 1.00. The Kier molecular flexibility index (Phi) is 4.52. The van der Waals surface area contributed by atoms with Crippen LogP contribution in [-0.2, 0) is 11.3 Å². The second kappa shape index (κ2) is 6.35. The topological polar surface area (TPSA) is 63.2 Å². The van der Waals surface area contributed by atoms with Crippen LogP contribution in [0.3, 0.4) is 0 Å². The van der Waals surface area contributed by atoms with Gasteiger partial charge in [-0.3, -0.25) is 4.79 Å². The molecule has 0 aliphatic heterocycles. The number of carbonyl (C=O) groups excluding carboxylic acids is 1. The Labute approximate surface area is 107 Å². The molecule has 5 nitrogen and oxygen atoms in total. The molecule has 1 aliphatic carbocycles. The number of amides is 1. The van der Waals surface area contributed by atoms with Gasteiger partial charge in [0.25, 0.3) is 0 Å². The SMILES string of the molecule is COc1ncccc1CNCCC(=O)NC1CC1. The van der Waals surface area contributed by atoms with Crippen molar-refractivity contribution in [3.8, 4) is 5.88 Å². The summed E-state index contributed by atoms with van der Waals surface area (Å²) in [5, 5.41) is 6.18. The van der Waals surface area contributed by atoms with Crippen LogP contribution in [0.1, 0.15) is 24.8 Å². The lowest BCUT2D eigenvalue weighted by atomic mass is 10.2. The van der Waals surface area contributed by atoms with E-state index >= 15 is 0 Å². The van der Waals surface area contributed by atoms with Crippen molar-refractivity contribution in [3.05, 3.63) is 23.9 Å². The van der Waals surface area contributed by atoms with E-state index < -0.39 is 0 Å². The largest absolute Gasteiger partial charge is 0.481 e. The number of hydrogen-bond acceptors (Lipinski definition) is 4. The molecule has 0 unspecified atom stereocenters. The number of nitrogens with zero attached hydrogens (tertiary/aromatic N) is 1. The smallest absolute Gasteiger partial charge is 0.221 e. The van der Waals surface area contributed by atoms with Crippen molar-refractivity contribution in [2.75, 3.05) is 13.7 Å². The van der Waals surface area contributed by atoms with Crippen LogP contribution in [0.4, 0.5) is 0 Å². The molecule has 2 rings (SSSR count). The molecular weight excluding hydrogens is 230 g/mol. The van der Waals surface area contributed by atoms with Gasteiger partial charge < -0.3 is 15.4 Å². The van der Waals surface area contributed by atoms with Gasteiger partial charge in [-0.05, 0) is 18.9 Å². The summed E-state index contributed by atoms with van der Waals surface area (Å²) in [7, 11) is 1.61. The lowest BCUT2D eigenvalue weighted by molar-refractivity contribution is -0.121. The fraction of sp³-hybridized carbons (Fsp3) is 0.538. The lowest BCUT2D eigenvalue weighted by Gasteiger charge is -2.08. The second-order valence-corrected chi connectivity index (χ2v) is 4.44. The van der Waals surface area contributed by atoms with E-state index in [1.54, 1.807) is 13.3 Å². The second-order valence-electron chi connectivity index (χ2n) is 4.44. The first-order valence-corrected chi connectivity index (χ1v) is 6.27. The summed E-state index contributed by atoms with van der Waals surface area (Å²) >= 11 is 0. The zero-order valence-corrected chi connectivity index (χ0v) is 10.6. The lowest BCUT2D eigenvalue weighted by Crippen LogP contribution is -2.29. The average molecular weight is 249 g/mol. The maximum Gasteiger partial charge on any atom is 0.221 e. The fourth-order valence-electron chi connectivity index (χ4n) is 1.69. The van der Waals surface area contributed by atoms with E-state index in [9.17, 15) is 4.79 Å². The summed E-state index contributed by atoms with van der Waals surface area (Å²) < 4.78 is 5.15. The van der Waals surface area contributed by atoms with E-state index in [1.165, 1.54) is 0 Å². The van der Waals surface area contributed by atoms with Crippen molar-refractivity contribution >= 4 is 5.91 Å². The van der Waals surface area contributed by atoms with Crippen LogP contribution in [0.25, 0.3) is 0 Å². The molecule has 0 radical (unpaired) electrons. The Balaban J connectivity index is 1.66. The van der Waals surface area contributed by atoms with Crippen LogP contribution in [0.5, 0.6) is 5.88 Å². The van der Waals surface area contributed by atoms with E-state index in [-0.39, 0.29) is 5.91 Å². The predicted molar refractivity (Wildman–Crippen MR) is 68.3 cm³/mol. The highest BCUT2D eigenvalue weighted by molar-refractivity contribution is 5.76. The molecule has 18 heavy (non-hydrogen) atoms. The molecule has 1 aliphatic rings. The van der Waals surface area contributed by atoms with Crippen molar-refractivity contribution in [2.24, 2.45) is 0 Å². The van der Waals surface area contributed by atoms with Crippen molar-refractivity contribution < 1.29 is 9.53 Å². The van der Waals surface area contributed by atoms with Gasteiger partial charge >= 0.3 is 0 Å². The van der Waals surface area contributed by atoms with Gasteiger partial charge in [-0.15, -0.1) is 0 Å². The Morgan fingerprint density at radius 3 is 3.11 bits per heavy atom. The van der Waals surface area contributed by atoms with Crippen molar-refractivity contribution in [3.63, 3.8) is 0 Å². The van der Waals surface area contributed by atoms with E-state index in [2.05, 4.69) is 15.6 Å². The van der Waals surface area contributed by atoms with Crippen LogP contribution < -0.4 is 15.4 Å². The summed E-state index contributed by atoms with van der Waals surface area (Å²) in [6.45, 7) is 1.32. The van der Waals surface area contributed by atoms with Gasteiger partial charge in [0.1, 0.15) is 0 Å². The predicted octanol–water partition coefficient (Wildman–Crippen LogP) is 0.848. The molecule has 1 fully saturated rings. The number of hydrogen-bond donors (Lipinski definition) is 2. The summed E-state index contributed by atoms with van der Waals surface area (Å²) in [5.74, 6) is 0.760. The number of rotatable bonds is 7. The highest BCUT2D eigenvalue weighted by Crippen LogP contribution is 2.18. The van der Waals surface area contributed by atoms with Crippen molar-refractivity contribution in [2.45, 2.75) is 31.8 Å². The minimum absolute atomic E-state index is 0.128. The first-order chi connectivity index (χ1) is 8.79. The number of aromatic nitrogens is 1. The summed E-state index contributed by atoms with van der Waals surface area (Å²) in [6, 6.07) is 4.28. The third kappa shape index (κ3) is 4.00. The van der Waals surface area contributed by atoms with E-state index in [1.807, 2.05) is 12.1 Å². The maximum absolute atomic E-state index is 11.4. The zero-order valence-electron chi connectivity index (χ0n) is 10.6. The highest BCUT2D eigenvalue weighted by Gasteiger charge is 2.22. The molecular formula is C13H19N3O2. The number of nitrogens with one attached hydrogen (secondary N) is 2. The van der Waals surface area contributed by atoms with Crippen LogP contribution >= 0.6 is 0 Å². The van der Waals surface area contributed by atoms with Crippen LogP contribution in [-0.4, -0.2) is 30.6 Å². The van der Waals surface area contributed by atoms with Crippen LogP contribution in [0, 0.1) is 0 Å². The molecule has 0 saturated heterocycles. The first-order valence-electron chi connectivity index (χ1n) is 6.27. The van der Waals surface area contributed by atoms with Gasteiger partial charge in [-0.1, -0.05) is 6.07 Å². The van der Waals surface area contributed by atoms with Gasteiger partial charge in [-0.2, -0.15) is 0 Å². The quantitative estimate of drug-likeness (QED) is 0.703. The molecule has 98 valence electrons. The number of carbonyl (C=O) groups is 1. The van der Waals surface area contributed by atoms with Crippen LogP contribution in [0.15, 0.2) is 18.3 Å². The minimum Gasteiger partial charge on any atom is -0.481 e. The molecule has 0 spiro atoms. The summed E-state index contributed by atoms with van der Waals surface area (Å²) in [4.78, 5) is 15.6. The third-order valence-corrected chi connectivity index (χ3v) is 2.83. The standard InChI is InChI=1S/C13H19N3O2/c1-18-13-10(3-2-7-15-13)9-14-8-6-12(17)16-11-4-5-11/h2-3,7,11,14H,4-6,8-9H2,1H3,(H,16,17). The average Bonchev–Trinajstić information content (AvgIpc) is 3.19. The first kappa shape index (κ1) is 12.8. The molecule has 2 N–H and O–H groups in total. The number of pyridine rings is 1. The molecule has 5 heteroatoms. The molecule has 0 bridgehead atoms. The molecule has 1 saturated carbocycles. The zero-order chi connectivity index (χ0) is 12.8. The van der Waals surface area contributed by atoms with Gasteiger partial charge in [0.05, 0.1) is 7.11 Å². The minimum atomic E-state index is 0.128. The Morgan fingerprint density at radius 2 is 2.39 bits per heavy atom. The molecule has 1 amide bonds. The molecule has 1 aromatic rings. The normalized spacial score (nSPS) is 14.3. The van der Waals surface area contributed by atoms with Crippen molar-refractivity contribution in [1.82, 2.24) is 15.6 Å². The molecule has 0 atom stereocenters. The van der Waals surface area contributed by atoms with E-state index in [4.69, 9.17) is 4.74 Å². The fourth-order valence-corrected chi connectivity index (χ4v) is 1.69. The monoisotopic (exact) mass is 249 g/mol. The maximum atomic E-state index is 11.4. The van der Waals surface area contributed by atoms with Crippen LogP contribution in [0.2, 0.25) is 0 Å². The van der Waals surface area contributed by atoms with Gasteiger partial charge in [-0.25, -0.2) is 4.98 Å².